The second kappa shape index (κ2) is 7.51. The molecule has 1 aliphatic rings. The molecule has 0 aromatic heterocycles. The maximum Gasteiger partial charge on any atom is 0.279 e. The molecule has 8 heteroatoms. The SMILES string of the molecule is C[NH+](CC(=O)Nc1c(Cl)cc(Cl)cc1Cl)CC(=O)NC1CC1. The zero-order valence-corrected chi connectivity index (χ0v) is 14.3. The number of likely N-dealkylation sites (N-methyl/N-ethyl adjacent to an activating group) is 1. The summed E-state index contributed by atoms with van der Waals surface area (Å²) in [7, 11) is 1.77. The molecule has 0 heterocycles. The Kier molecular flexibility index (Phi) is 5.92. The standard InChI is InChI=1S/C14H16Cl3N3O2/c1-20(6-12(21)18-9-2-3-9)7-13(22)19-14-10(16)4-8(15)5-11(14)17/h4-5,9H,2-3,6-7H2,1H3,(H,18,21)(H,19,22)/p+1. The molecule has 5 nitrogen and oxygen atoms in total. The van der Waals surface area contributed by atoms with Gasteiger partial charge in [0.2, 0.25) is 0 Å². The van der Waals surface area contributed by atoms with E-state index in [0.29, 0.717) is 16.8 Å². The summed E-state index contributed by atoms with van der Waals surface area (Å²) in [5.74, 6) is -0.321. The molecule has 22 heavy (non-hydrogen) atoms. The summed E-state index contributed by atoms with van der Waals surface area (Å²) < 4.78 is 0. The number of hydrogen-bond donors (Lipinski definition) is 3. The molecule has 1 saturated carbocycles. The van der Waals surface area contributed by atoms with Gasteiger partial charge in [-0.3, -0.25) is 9.59 Å². The first-order valence-corrected chi connectivity index (χ1v) is 8.03. The highest BCUT2D eigenvalue weighted by Gasteiger charge is 2.25. The first-order chi connectivity index (χ1) is 10.3. The molecule has 1 aliphatic carbocycles. The number of hydrogen-bond acceptors (Lipinski definition) is 2. The van der Waals surface area contributed by atoms with Crippen molar-refractivity contribution in [1.29, 1.82) is 0 Å². The fourth-order valence-corrected chi connectivity index (χ4v) is 2.87. The third-order valence-corrected chi connectivity index (χ3v) is 3.95. The van der Waals surface area contributed by atoms with Crippen molar-refractivity contribution in [3.63, 3.8) is 0 Å². The number of halogens is 3. The van der Waals surface area contributed by atoms with Gasteiger partial charge in [-0.1, -0.05) is 34.8 Å². The van der Waals surface area contributed by atoms with E-state index in [4.69, 9.17) is 34.8 Å². The van der Waals surface area contributed by atoms with E-state index in [1.165, 1.54) is 12.1 Å². The fourth-order valence-electron chi connectivity index (χ4n) is 1.96. The fraction of sp³-hybridized carbons (Fsp3) is 0.429. The van der Waals surface area contributed by atoms with E-state index in [9.17, 15) is 9.59 Å². The Morgan fingerprint density at radius 3 is 2.23 bits per heavy atom. The molecule has 0 saturated heterocycles. The van der Waals surface area contributed by atoms with E-state index in [2.05, 4.69) is 10.6 Å². The number of carbonyl (C=O) groups is 2. The third kappa shape index (κ3) is 5.32. The van der Waals surface area contributed by atoms with E-state index in [-0.39, 0.29) is 34.9 Å². The lowest BCUT2D eigenvalue weighted by Gasteiger charge is -2.14. The topological polar surface area (TPSA) is 62.6 Å². The van der Waals surface area contributed by atoms with Crippen LogP contribution in [0, 0.1) is 0 Å². The normalized spacial score (nSPS) is 15.3. The van der Waals surface area contributed by atoms with Crippen LogP contribution >= 0.6 is 34.8 Å². The van der Waals surface area contributed by atoms with Gasteiger partial charge in [0.1, 0.15) is 0 Å². The number of nitrogens with one attached hydrogen (secondary N) is 3. The Balaban J connectivity index is 1.85. The number of anilines is 1. The summed E-state index contributed by atoms with van der Waals surface area (Å²) in [6.45, 7) is 0.374. The lowest BCUT2D eigenvalue weighted by molar-refractivity contribution is -0.862. The van der Waals surface area contributed by atoms with Crippen molar-refractivity contribution in [2.24, 2.45) is 0 Å². The highest BCUT2D eigenvalue weighted by atomic mass is 35.5. The summed E-state index contributed by atoms with van der Waals surface area (Å²) in [6.07, 6.45) is 2.08. The van der Waals surface area contributed by atoms with Gasteiger partial charge < -0.3 is 15.5 Å². The van der Waals surface area contributed by atoms with Gasteiger partial charge in [0.05, 0.1) is 22.8 Å². The monoisotopic (exact) mass is 364 g/mol. The first kappa shape index (κ1) is 17.3. The van der Waals surface area contributed by atoms with E-state index < -0.39 is 0 Å². The Labute approximate surface area is 143 Å². The van der Waals surface area contributed by atoms with Crippen molar-refractivity contribution in [3.8, 4) is 0 Å². The minimum Gasteiger partial charge on any atom is -0.348 e. The smallest absolute Gasteiger partial charge is 0.279 e. The van der Waals surface area contributed by atoms with Crippen molar-refractivity contribution in [2.75, 3.05) is 25.5 Å². The number of quaternary nitrogens is 1. The molecule has 1 fully saturated rings. The molecule has 2 rings (SSSR count). The van der Waals surface area contributed by atoms with Gasteiger partial charge >= 0.3 is 0 Å². The van der Waals surface area contributed by atoms with E-state index in [1.807, 2.05) is 0 Å². The Morgan fingerprint density at radius 2 is 1.68 bits per heavy atom. The van der Waals surface area contributed by atoms with Crippen LogP contribution in [0.1, 0.15) is 12.8 Å². The number of carbonyl (C=O) groups excluding carboxylic acids is 2. The summed E-state index contributed by atoms with van der Waals surface area (Å²) in [5, 5.41) is 6.47. The van der Waals surface area contributed by atoms with Gasteiger partial charge in [0.15, 0.2) is 13.1 Å². The van der Waals surface area contributed by atoms with Crippen molar-refractivity contribution in [1.82, 2.24) is 5.32 Å². The minimum atomic E-state index is -0.275. The van der Waals surface area contributed by atoms with Gasteiger partial charge in [-0.15, -0.1) is 0 Å². The molecule has 1 atom stereocenters. The zero-order chi connectivity index (χ0) is 16.3. The van der Waals surface area contributed by atoms with Crippen LogP contribution in [0.5, 0.6) is 0 Å². The summed E-state index contributed by atoms with van der Waals surface area (Å²) in [6, 6.07) is 3.33. The molecule has 1 aromatic carbocycles. The highest BCUT2D eigenvalue weighted by molar-refractivity contribution is 6.42. The lowest BCUT2D eigenvalue weighted by atomic mass is 10.3. The first-order valence-electron chi connectivity index (χ1n) is 6.90. The molecule has 3 N–H and O–H groups in total. The average Bonchev–Trinajstić information content (AvgIpc) is 3.17. The molecule has 0 aliphatic heterocycles. The van der Waals surface area contributed by atoms with E-state index in [0.717, 1.165) is 17.7 Å². The van der Waals surface area contributed by atoms with Crippen LogP contribution in [0.15, 0.2) is 12.1 Å². The molecule has 2 amide bonds. The predicted molar refractivity (Wildman–Crippen MR) is 87.9 cm³/mol. The maximum absolute atomic E-state index is 12.0. The quantitative estimate of drug-likeness (QED) is 0.713. The van der Waals surface area contributed by atoms with Gasteiger partial charge in [0, 0.05) is 11.1 Å². The largest absolute Gasteiger partial charge is 0.348 e. The zero-order valence-electron chi connectivity index (χ0n) is 12.0. The molecule has 0 radical (unpaired) electrons. The molecule has 0 spiro atoms. The second-order valence-corrected chi connectivity index (χ2v) is 6.70. The number of benzene rings is 1. The van der Waals surface area contributed by atoms with Gasteiger partial charge in [0.25, 0.3) is 11.8 Å². The Morgan fingerprint density at radius 1 is 1.14 bits per heavy atom. The summed E-state index contributed by atoms with van der Waals surface area (Å²) >= 11 is 17.8. The van der Waals surface area contributed by atoms with Gasteiger partial charge in [-0.2, -0.15) is 0 Å². The van der Waals surface area contributed by atoms with Crippen molar-refractivity contribution >= 4 is 52.3 Å². The van der Waals surface area contributed by atoms with Crippen LogP contribution in [-0.2, 0) is 9.59 Å². The molecular formula is C14H17Cl3N3O2+. The molecule has 120 valence electrons. The van der Waals surface area contributed by atoms with Crippen LogP contribution in [0.3, 0.4) is 0 Å². The van der Waals surface area contributed by atoms with Crippen LogP contribution in [-0.4, -0.2) is 38.0 Å². The number of rotatable bonds is 6. The van der Waals surface area contributed by atoms with E-state index in [1.54, 1.807) is 7.05 Å². The average molecular weight is 366 g/mol. The molecule has 1 unspecified atom stereocenters. The predicted octanol–water partition coefficient (Wildman–Crippen LogP) is 1.38. The maximum atomic E-state index is 12.0. The van der Waals surface area contributed by atoms with Crippen LogP contribution < -0.4 is 15.5 Å². The van der Waals surface area contributed by atoms with Crippen molar-refractivity contribution in [2.45, 2.75) is 18.9 Å². The highest BCUT2D eigenvalue weighted by Crippen LogP contribution is 2.33. The van der Waals surface area contributed by atoms with Crippen LogP contribution in [0.4, 0.5) is 5.69 Å². The second-order valence-electron chi connectivity index (χ2n) is 5.45. The van der Waals surface area contributed by atoms with Crippen molar-refractivity contribution in [3.05, 3.63) is 27.2 Å². The van der Waals surface area contributed by atoms with Gasteiger partial charge in [-0.25, -0.2) is 0 Å². The lowest BCUT2D eigenvalue weighted by Crippen LogP contribution is -3.11. The Bertz CT molecular complexity index is 568. The molecule has 1 aromatic rings. The van der Waals surface area contributed by atoms with Crippen LogP contribution in [0.25, 0.3) is 0 Å². The van der Waals surface area contributed by atoms with Crippen molar-refractivity contribution < 1.29 is 14.5 Å². The summed E-state index contributed by atoms with van der Waals surface area (Å²) in [5.41, 5.74) is 0.327. The summed E-state index contributed by atoms with van der Waals surface area (Å²) in [4.78, 5) is 24.5. The molecule has 0 bridgehead atoms. The van der Waals surface area contributed by atoms with Gasteiger partial charge in [-0.05, 0) is 25.0 Å². The van der Waals surface area contributed by atoms with E-state index >= 15 is 0 Å². The molecular weight excluding hydrogens is 349 g/mol. The third-order valence-electron chi connectivity index (χ3n) is 3.14. The minimum absolute atomic E-state index is 0.0460. The number of amides is 2. The Hall–Kier alpha value is -1.01. The van der Waals surface area contributed by atoms with Crippen LogP contribution in [0.2, 0.25) is 15.1 Å².